The van der Waals surface area contributed by atoms with Gasteiger partial charge in [-0.2, -0.15) is 5.10 Å². The van der Waals surface area contributed by atoms with Gasteiger partial charge in [0.1, 0.15) is 5.75 Å². The van der Waals surface area contributed by atoms with Crippen LogP contribution in [-0.4, -0.2) is 36.9 Å². The lowest BCUT2D eigenvalue weighted by Gasteiger charge is -2.29. The van der Waals surface area contributed by atoms with Crippen LogP contribution in [0.15, 0.2) is 72.1 Å². The number of benzene rings is 2. The van der Waals surface area contributed by atoms with Gasteiger partial charge >= 0.3 is 0 Å². The van der Waals surface area contributed by atoms with Crippen LogP contribution in [0.4, 0.5) is 5.69 Å². The van der Waals surface area contributed by atoms with Crippen LogP contribution >= 0.6 is 0 Å². The first-order valence-corrected chi connectivity index (χ1v) is 10.2. The lowest BCUT2D eigenvalue weighted by Crippen LogP contribution is -2.29. The molecule has 4 rings (SSSR count). The van der Waals surface area contributed by atoms with Crippen molar-refractivity contribution in [1.29, 1.82) is 0 Å². The van der Waals surface area contributed by atoms with E-state index in [0.717, 1.165) is 35.8 Å². The van der Waals surface area contributed by atoms with Crippen LogP contribution in [0.3, 0.4) is 0 Å². The molecule has 0 radical (unpaired) electrons. The second-order valence-corrected chi connectivity index (χ2v) is 7.31. The number of anilines is 1. The first-order chi connectivity index (χ1) is 14.7. The Morgan fingerprint density at radius 2 is 1.80 bits per heavy atom. The summed E-state index contributed by atoms with van der Waals surface area (Å²) in [5, 5.41) is 4.14. The third kappa shape index (κ3) is 4.54. The molecular formula is C24H26N4O2. The Labute approximate surface area is 176 Å². The lowest BCUT2D eigenvalue weighted by molar-refractivity contribution is 0.0955. The summed E-state index contributed by atoms with van der Waals surface area (Å²) in [7, 11) is 1.65. The number of amides is 1. The predicted molar refractivity (Wildman–Crippen MR) is 120 cm³/mol. The number of aromatic nitrogens is 1. The van der Waals surface area contributed by atoms with Crippen molar-refractivity contribution in [3.8, 4) is 11.4 Å². The zero-order valence-corrected chi connectivity index (χ0v) is 17.1. The van der Waals surface area contributed by atoms with Gasteiger partial charge in [0.2, 0.25) is 0 Å². The molecule has 0 atom stereocenters. The molecule has 6 nitrogen and oxygen atoms in total. The average Bonchev–Trinajstić information content (AvgIpc) is 3.35. The van der Waals surface area contributed by atoms with Gasteiger partial charge in [0.15, 0.2) is 0 Å². The molecule has 1 saturated heterocycles. The summed E-state index contributed by atoms with van der Waals surface area (Å²) in [5.41, 5.74) is 6.06. The topological polar surface area (TPSA) is 58.9 Å². The zero-order valence-electron chi connectivity index (χ0n) is 17.1. The molecule has 154 valence electrons. The quantitative estimate of drug-likeness (QED) is 0.496. The number of hydrazone groups is 1. The number of rotatable bonds is 6. The Kier molecular flexibility index (Phi) is 6.13. The van der Waals surface area contributed by atoms with Crippen LogP contribution < -0.4 is 15.1 Å². The zero-order chi connectivity index (χ0) is 20.8. The third-order valence-corrected chi connectivity index (χ3v) is 5.32. The van der Waals surface area contributed by atoms with E-state index in [0.29, 0.717) is 5.56 Å². The fourth-order valence-corrected chi connectivity index (χ4v) is 3.69. The second kappa shape index (κ2) is 9.31. The molecule has 0 unspecified atom stereocenters. The minimum Gasteiger partial charge on any atom is -0.496 e. The maximum absolute atomic E-state index is 12.5. The number of nitrogens with zero attached hydrogens (tertiary/aromatic N) is 3. The van der Waals surface area contributed by atoms with Crippen LogP contribution in [0, 0.1) is 0 Å². The molecule has 2 heterocycles. The highest BCUT2D eigenvalue weighted by atomic mass is 16.5. The monoisotopic (exact) mass is 402 g/mol. The Morgan fingerprint density at radius 1 is 1.00 bits per heavy atom. The molecule has 0 bridgehead atoms. The highest BCUT2D eigenvalue weighted by Gasteiger charge is 2.13. The van der Waals surface area contributed by atoms with Crippen LogP contribution in [0.2, 0.25) is 0 Å². The number of methoxy groups -OCH3 is 1. The van der Waals surface area contributed by atoms with Gasteiger partial charge in [-0.05, 0) is 61.7 Å². The van der Waals surface area contributed by atoms with Gasteiger partial charge in [-0.3, -0.25) is 4.79 Å². The van der Waals surface area contributed by atoms with Crippen molar-refractivity contribution in [1.82, 2.24) is 9.99 Å². The van der Waals surface area contributed by atoms with E-state index in [-0.39, 0.29) is 5.91 Å². The summed E-state index contributed by atoms with van der Waals surface area (Å²) in [4.78, 5) is 14.9. The number of hydrogen-bond donors (Lipinski definition) is 1. The summed E-state index contributed by atoms with van der Waals surface area (Å²) < 4.78 is 7.50. The van der Waals surface area contributed by atoms with E-state index in [1.165, 1.54) is 19.3 Å². The fraction of sp³-hybridized carbons (Fsp3) is 0.250. The second-order valence-electron chi connectivity index (χ2n) is 7.31. The SMILES string of the molecule is COc1cc(N2CCCCC2)ccc1/C=N/NC(=O)c1cccc(-n2cccc2)c1. The summed E-state index contributed by atoms with van der Waals surface area (Å²) in [6.07, 6.45) is 9.25. The molecule has 2 aromatic carbocycles. The molecule has 1 fully saturated rings. The largest absolute Gasteiger partial charge is 0.496 e. The molecule has 1 aliphatic rings. The van der Waals surface area contributed by atoms with Gasteiger partial charge < -0.3 is 14.2 Å². The highest BCUT2D eigenvalue weighted by molar-refractivity contribution is 5.95. The van der Waals surface area contributed by atoms with E-state index in [2.05, 4.69) is 21.5 Å². The van der Waals surface area contributed by atoms with E-state index in [1.54, 1.807) is 19.4 Å². The van der Waals surface area contributed by atoms with Crippen LogP contribution in [0.5, 0.6) is 5.75 Å². The van der Waals surface area contributed by atoms with Crippen LogP contribution in [-0.2, 0) is 0 Å². The van der Waals surface area contributed by atoms with E-state index >= 15 is 0 Å². The van der Waals surface area contributed by atoms with Crippen LogP contribution in [0.1, 0.15) is 35.2 Å². The van der Waals surface area contributed by atoms with Gasteiger partial charge in [0.05, 0.1) is 13.3 Å². The van der Waals surface area contributed by atoms with Gasteiger partial charge in [-0.1, -0.05) is 6.07 Å². The summed E-state index contributed by atoms with van der Waals surface area (Å²) >= 11 is 0. The minimum absolute atomic E-state index is 0.260. The normalized spacial score (nSPS) is 14.1. The van der Waals surface area contributed by atoms with Gasteiger partial charge in [-0.15, -0.1) is 0 Å². The summed E-state index contributed by atoms with van der Waals surface area (Å²) in [6.45, 7) is 2.16. The molecule has 0 aliphatic carbocycles. The number of piperidine rings is 1. The number of hydrogen-bond acceptors (Lipinski definition) is 4. The fourth-order valence-electron chi connectivity index (χ4n) is 3.69. The van der Waals surface area contributed by atoms with Crippen molar-refractivity contribution >= 4 is 17.8 Å². The number of ether oxygens (including phenoxy) is 1. The summed E-state index contributed by atoms with van der Waals surface area (Å²) in [5.74, 6) is 0.481. The third-order valence-electron chi connectivity index (χ3n) is 5.32. The van der Waals surface area contributed by atoms with Crippen molar-refractivity contribution in [3.05, 3.63) is 78.1 Å². The first-order valence-electron chi connectivity index (χ1n) is 10.2. The molecule has 1 amide bonds. The molecule has 6 heteroatoms. The standard InChI is InChI=1S/C24H26N4O2/c1-30-23-17-22(28-12-3-2-4-13-28)11-10-20(23)18-25-26-24(29)19-8-7-9-21(16-19)27-14-5-6-15-27/h5-11,14-18H,2-4,12-13H2,1H3,(H,26,29)/b25-18+. The molecule has 0 saturated carbocycles. The number of nitrogens with one attached hydrogen (secondary N) is 1. The van der Waals surface area contributed by atoms with Crippen molar-refractivity contribution in [2.75, 3.05) is 25.1 Å². The first kappa shape index (κ1) is 19.8. The van der Waals surface area contributed by atoms with Crippen molar-refractivity contribution < 1.29 is 9.53 Å². The van der Waals surface area contributed by atoms with Gasteiger partial charge in [0.25, 0.3) is 5.91 Å². The predicted octanol–water partition coefficient (Wildman–Crippen LogP) is 4.24. The van der Waals surface area contributed by atoms with Crippen molar-refractivity contribution in [2.45, 2.75) is 19.3 Å². The lowest BCUT2D eigenvalue weighted by atomic mass is 10.1. The Morgan fingerprint density at radius 3 is 2.57 bits per heavy atom. The molecule has 1 aliphatic heterocycles. The Bertz CT molecular complexity index is 1020. The van der Waals surface area contributed by atoms with Gasteiger partial charge in [-0.25, -0.2) is 5.43 Å². The van der Waals surface area contributed by atoms with E-state index < -0.39 is 0 Å². The number of carbonyl (C=O) groups is 1. The molecule has 0 spiro atoms. The Balaban J connectivity index is 1.44. The highest BCUT2D eigenvalue weighted by Crippen LogP contribution is 2.26. The van der Waals surface area contributed by atoms with E-state index in [9.17, 15) is 4.79 Å². The van der Waals surface area contributed by atoms with E-state index in [4.69, 9.17) is 4.74 Å². The molecule has 1 aromatic heterocycles. The van der Waals surface area contributed by atoms with Crippen molar-refractivity contribution in [2.24, 2.45) is 5.10 Å². The molecular weight excluding hydrogens is 376 g/mol. The smallest absolute Gasteiger partial charge is 0.271 e. The van der Waals surface area contributed by atoms with Crippen LogP contribution in [0.25, 0.3) is 5.69 Å². The number of carbonyl (C=O) groups excluding carboxylic acids is 1. The summed E-state index contributed by atoms with van der Waals surface area (Å²) in [6, 6.07) is 17.4. The maximum Gasteiger partial charge on any atom is 0.271 e. The van der Waals surface area contributed by atoms with Gasteiger partial charge in [0, 0.05) is 54.1 Å². The minimum atomic E-state index is -0.260. The molecule has 30 heavy (non-hydrogen) atoms. The molecule has 3 aromatic rings. The average molecular weight is 402 g/mol. The maximum atomic E-state index is 12.5. The van der Waals surface area contributed by atoms with E-state index in [1.807, 2.05) is 59.4 Å². The Hall–Kier alpha value is -3.54. The van der Waals surface area contributed by atoms with Crippen molar-refractivity contribution in [3.63, 3.8) is 0 Å². The molecule has 1 N–H and O–H groups in total.